The van der Waals surface area contributed by atoms with E-state index in [9.17, 15) is 9.59 Å². The Hall–Kier alpha value is -3.60. The standard InChI is InChI=1S/C29H32N2O3/c1-20(2)18-30-27(32)19-34-25-13-12-22-14-15-31(29(33)23-9-5-4-6-10-23)28(26(22)17-25)24-11-7-8-21(3)16-24/h4-13,16-17,20,28H,14-15,18-19H2,1-3H3,(H,30,32)/t28-/m0/s1. The average molecular weight is 457 g/mol. The van der Waals surface area contributed by atoms with Crippen molar-refractivity contribution in [2.45, 2.75) is 33.2 Å². The van der Waals surface area contributed by atoms with E-state index < -0.39 is 0 Å². The summed E-state index contributed by atoms with van der Waals surface area (Å²) in [5.41, 5.74) is 5.13. The maximum absolute atomic E-state index is 13.5. The summed E-state index contributed by atoms with van der Waals surface area (Å²) in [7, 11) is 0. The molecule has 0 bridgehead atoms. The van der Waals surface area contributed by atoms with Gasteiger partial charge in [0.1, 0.15) is 5.75 Å². The highest BCUT2D eigenvalue weighted by molar-refractivity contribution is 5.95. The van der Waals surface area contributed by atoms with E-state index in [1.54, 1.807) is 0 Å². The molecule has 0 unspecified atom stereocenters. The fourth-order valence-corrected chi connectivity index (χ4v) is 4.37. The summed E-state index contributed by atoms with van der Waals surface area (Å²) >= 11 is 0. The Balaban J connectivity index is 1.65. The number of nitrogens with zero attached hydrogens (tertiary/aromatic N) is 1. The molecule has 0 fully saturated rings. The van der Waals surface area contributed by atoms with E-state index in [0.29, 0.717) is 30.3 Å². The lowest BCUT2D eigenvalue weighted by Crippen LogP contribution is -2.40. The fourth-order valence-electron chi connectivity index (χ4n) is 4.37. The molecule has 0 saturated carbocycles. The molecule has 5 heteroatoms. The molecule has 5 nitrogen and oxygen atoms in total. The molecule has 1 heterocycles. The lowest BCUT2D eigenvalue weighted by molar-refractivity contribution is -0.123. The van der Waals surface area contributed by atoms with Crippen molar-refractivity contribution in [3.63, 3.8) is 0 Å². The number of benzene rings is 3. The number of nitrogens with one attached hydrogen (secondary N) is 1. The summed E-state index contributed by atoms with van der Waals surface area (Å²) in [6.07, 6.45) is 0.769. The van der Waals surface area contributed by atoms with Crippen molar-refractivity contribution in [3.8, 4) is 5.75 Å². The zero-order chi connectivity index (χ0) is 24.1. The van der Waals surface area contributed by atoms with Crippen molar-refractivity contribution < 1.29 is 14.3 Å². The second kappa shape index (κ2) is 10.6. The third kappa shape index (κ3) is 5.48. The van der Waals surface area contributed by atoms with Crippen LogP contribution in [-0.2, 0) is 11.2 Å². The first kappa shape index (κ1) is 23.6. The van der Waals surface area contributed by atoms with Gasteiger partial charge in [-0.15, -0.1) is 0 Å². The Labute approximate surface area is 201 Å². The molecule has 0 spiro atoms. The van der Waals surface area contributed by atoms with Gasteiger partial charge in [0, 0.05) is 18.7 Å². The number of hydrogen-bond acceptors (Lipinski definition) is 3. The highest BCUT2D eigenvalue weighted by atomic mass is 16.5. The number of carbonyl (C=O) groups excluding carboxylic acids is 2. The average Bonchev–Trinajstić information content (AvgIpc) is 2.85. The molecule has 0 saturated heterocycles. The lowest BCUT2D eigenvalue weighted by Gasteiger charge is -2.38. The molecule has 0 aromatic heterocycles. The number of amides is 2. The second-order valence-electron chi connectivity index (χ2n) is 9.28. The first-order valence-corrected chi connectivity index (χ1v) is 11.9. The molecule has 1 aliphatic heterocycles. The molecule has 3 aromatic rings. The van der Waals surface area contributed by atoms with Gasteiger partial charge >= 0.3 is 0 Å². The Morgan fingerprint density at radius 1 is 1.03 bits per heavy atom. The fraction of sp³-hybridized carbons (Fsp3) is 0.310. The van der Waals surface area contributed by atoms with E-state index in [1.165, 1.54) is 5.56 Å². The van der Waals surface area contributed by atoms with Gasteiger partial charge in [-0.2, -0.15) is 0 Å². The van der Waals surface area contributed by atoms with Crippen molar-refractivity contribution >= 4 is 11.8 Å². The van der Waals surface area contributed by atoms with E-state index in [1.807, 2.05) is 53.4 Å². The molecule has 176 valence electrons. The van der Waals surface area contributed by atoms with E-state index in [2.05, 4.69) is 50.4 Å². The number of carbonyl (C=O) groups is 2. The van der Waals surface area contributed by atoms with Crippen LogP contribution in [0, 0.1) is 12.8 Å². The minimum atomic E-state index is -0.227. The van der Waals surface area contributed by atoms with E-state index in [4.69, 9.17) is 4.74 Å². The first-order chi connectivity index (χ1) is 16.4. The molecule has 1 atom stereocenters. The number of hydrogen-bond donors (Lipinski definition) is 1. The largest absolute Gasteiger partial charge is 0.484 e. The molecule has 1 aliphatic rings. The maximum Gasteiger partial charge on any atom is 0.257 e. The van der Waals surface area contributed by atoms with Crippen LogP contribution >= 0.6 is 0 Å². The molecule has 2 amide bonds. The van der Waals surface area contributed by atoms with Gasteiger partial charge in [0.25, 0.3) is 11.8 Å². The lowest BCUT2D eigenvalue weighted by atomic mass is 9.87. The van der Waals surface area contributed by atoms with Crippen LogP contribution in [0.3, 0.4) is 0 Å². The van der Waals surface area contributed by atoms with Crippen molar-refractivity contribution in [1.82, 2.24) is 10.2 Å². The van der Waals surface area contributed by atoms with Crippen LogP contribution in [0.15, 0.2) is 72.8 Å². The quantitative estimate of drug-likeness (QED) is 0.548. The minimum absolute atomic E-state index is 0.0112. The third-order valence-corrected chi connectivity index (χ3v) is 6.06. The van der Waals surface area contributed by atoms with Gasteiger partial charge in [0.05, 0.1) is 6.04 Å². The molecule has 1 N–H and O–H groups in total. The smallest absolute Gasteiger partial charge is 0.257 e. The van der Waals surface area contributed by atoms with Crippen molar-refractivity contribution in [2.24, 2.45) is 5.92 Å². The summed E-state index contributed by atoms with van der Waals surface area (Å²) in [6, 6.07) is 23.5. The van der Waals surface area contributed by atoms with Gasteiger partial charge < -0.3 is 15.0 Å². The van der Waals surface area contributed by atoms with E-state index >= 15 is 0 Å². The highest BCUT2D eigenvalue weighted by Crippen LogP contribution is 2.38. The van der Waals surface area contributed by atoms with Gasteiger partial charge in [-0.05, 0) is 60.2 Å². The van der Waals surface area contributed by atoms with Gasteiger partial charge in [-0.1, -0.05) is 67.9 Å². The normalized spacial score (nSPS) is 15.1. The first-order valence-electron chi connectivity index (χ1n) is 11.9. The summed E-state index contributed by atoms with van der Waals surface area (Å²) in [6.45, 7) is 7.39. The Morgan fingerprint density at radius 3 is 2.56 bits per heavy atom. The summed E-state index contributed by atoms with van der Waals surface area (Å²) in [5.74, 6) is 0.890. The summed E-state index contributed by atoms with van der Waals surface area (Å²) in [5, 5.41) is 2.88. The summed E-state index contributed by atoms with van der Waals surface area (Å²) < 4.78 is 5.84. The van der Waals surface area contributed by atoms with Crippen LogP contribution in [0.1, 0.15) is 52.5 Å². The Morgan fingerprint density at radius 2 is 1.82 bits per heavy atom. The van der Waals surface area contributed by atoms with Crippen molar-refractivity contribution in [2.75, 3.05) is 19.7 Å². The monoisotopic (exact) mass is 456 g/mol. The Bertz CT molecular complexity index is 1160. The van der Waals surface area contributed by atoms with Crippen LogP contribution < -0.4 is 10.1 Å². The number of rotatable bonds is 7. The highest BCUT2D eigenvalue weighted by Gasteiger charge is 2.33. The number of ether oxygens (including phenoxy) is 1. The summed E-state index contributed by atoms with van der Waals surface area (Å²) in [4.78, 5) is 27.6. The van der Waals surface area contributed by atoms with Crippen LogP contribution in [-0.4, -0.2) is 36.4 Å². The van der Waals surface area contributed by atoms with Gasteiger partial charge in [-0.25, -0.2) is 0 Å². The number of aryl methyl sites for hydroxylation is 1. The maximum atomic E-state index is 13.5. The molecule has 0 aliphatic carbocycles. The minimum Gasteiger partial charge on any atom is -0.484 e. The molecule has 34 heavy (non-hydrogen) atoms. The van der Waals surface area contributed by atoms with E-state index in [-0.39, 0.29) is 24.5 Å². The molecular weight excluding hydrogens is 424 g/mol. The van der Waals surface area contributed by atoms with Crippen molar-refractivity contribution in [1.29, 1.82) is 0 Å². The van der Waals surface area contributed by atoms with Crippen LogP contribution in [0.4, 0.5) is 0 Å². The van der Waals surface area contributed by atoms with Gasteiger partial charge in [0.2, 0.25) is 0 Å². The number of fused-ring (bicyclic) bond motifs is 1. The molecule has 3 aromatic carbocycles. The third-order valence-electron chi connectivity index (χ3n) is 6.06. The van der Waals surface area contributed by atoms with Crippen molar-refractivity contribution in [3.05, 3.63) is 101 Å². The van der Waals surface area contributed by atoms with E-state index in [0.717, 1.165) is 23.1 Å². The van der Waals surface area contributed by atoms with Crippen LogP contribution in [0.25, 0.3) is 0 Å². The molecule has 0 radical (unpaired) electrons. The SMILES string of the molecule is Cc1cccc([C@H]2c3cc(OCC(=O)NCC(C)C)ccc3CCN2C(=O)c2ccccc2)c1. The zero-order valence-corrected chi connectivity index (χ0v) is 20.1. The van der Waals surface area contributed by atoms with Crippen LogP contribution in [0.2, 0.25) is 0 Å². The topological polar surface area (TPSA) is 58.6 Å². The predicted molar refractivity (Wildman–Crippen MR) is 134 cm³/mol. The predicted octanol–water partition coefficient (Wildman–Crippen LogP) is 4.93. The molecule has 4 rings (SSSR count). The molecular formula is C29H32N2O3. The zero-order valence-electron chi connectivity index (χ0n) is 20.1. The van der Waals surface area contributed by atoms with Gasteiger partial charge in [0.15, 0.2) is 6.61 Å². The second-order valence-corrected chi connectivity index (χ2v) is 9.28. The Kier molecular flexibility index (Phi) is 7.31. The van der Waals surface area contributed by atoms with Crippen LogP contribution in [0.5, 0.6) is 5.75 Å². The van der Waals surface area contributed by atoms with Gasteiger partial charge in [-0.3, -0.25) is 9.59 Å².